The molecule has 0 N–H and O–H groups in total. The van der Waals surface area contributed by atoms with Crippen molar-refractivity contribution < 1.29 is 17.9 Å². The quantitative estimate of drug-likeness (QED) is 0.462. The van der Waals surface area contributed by atoms with E-state index >= 15 is 0 Å². The van der Waals surface area contributed by atoms with Gasteiger partial charge in [-0.05, 0) is 24.3 Å². The molecule has 1 aromatic carbocycles. The van der Waals surface area contributed by atoms with Crippen molar-refractivity contribution in [2.24, 2.45) is 0 Å². The molecule has 0 unspecified atom stereocenters. The molecule has 0 aliphatic heterocycles. The highest BCUT2D eigenvalue weighted by atomic mass is 19.4. The molecule has 0 atom stereocenters. The highest BCUT2D eigenvalue weighted by Gasteiger charge is 2.30. The lowest BCUT2D eigenvalue weighted by Gasteiger charge is -2.14. The average Bonchev–Trinajstić information content (AvgIpc) is 3.54. The van der Waals surface area contributed by atoms with E-state index in [1.54, 1.807) is 27.7 Å². The maximum absolute atomic E-state index is 13.2. The Kier molecular flexibility index (Phi) is 4.77. The van der Waals surface area contributed by atoms with Gasteiger partial charge >= 0.3 is 11.9 Å². The number of benzene rings is 1. The molecule has 4 aromatic rings. The number of pyridine rings is 2. The van der Waals surface area contributed by atoms with E-state index in [1.807, 2.05) is 30.3 Å². The first kappa shape index (κ1) is 19.7. The van der Waals surface area contributed by atoms with Crippen LogP contribution in [0.4, 0.5) is 13.2 Å². The second-order valence-electron chi connectivity index (χ2n) is 7.71. The molecule has 1 fully saturated rings. The van der Waals surface area contributed by atoms with Gasteiger partial charge in [0.25, 0.3) is 0 Å². The van der Waals surface area contributed by atoms with E-state index in [0.29, 0.717) is 16.8 Å². The Morgan fingerprint density at radius 1 is 1.10 bits per heavy atom. The van der Waals surface area contributed by atoms with Gasteiger partial charge in [0.05, 0.1) is 36.1 Å². The summed E-state index contributed by atoms with van der Waals surface area (Å²) < 4.78 is 46.2. The van der Waals surface area contributed by atoms with Crippen LogP contribution in [-0.2, 0) is 17.9 Å². The van der Waals surface area contributed by atoms with Crippen LogP contribution in [-0.4, -0.2) is 31.9 Å². The lowest BCUT2D eigenvalue weighted by Crippen LogP contribution is -2.25. The van der Waals surface area contributed by atoms with Gasteiger partial charge in [-0.25, -0.2) is 4.79 Å². The Hall–Kier alpha value is -3.20. The van der Waals surface area contributed by atoms with E-state index in [2.05, 4.69) is 9.97 Å². The van der Waals surface area contributed by atoms with Gasteiger partial charge in [0.2, 0.25) is 0 Å². The van der Waals surface area contributed by atoms with E-state index in [-0.39, 0.29) is 24.9 Å². The number of halogens is 3. The first-order valence-corrected chi connectivity index (χ1v) is 9.97. The molecule has 160 valence electrons. The number of fused-ring (bicyclic) bond motifs is 2. The predicted molar refractivity (Wildman–Crippen MR) is 109 cm³/mol. The molecule has 1 saturated carbocycles. The molecule has 0 bridgehead atoms. The fourth-order valence-corrected chi connectivity index (χ4v) is 3.95. The average molecular weight is 428 g/mol. The van der Waals surface area contributed by atoms with Crippen LogP contribution < -0.4 is 5.69 Å². The van der Waals surface area contributed by atoms with Gasteiger partial charge in [-0.3, -0.25) is 19.1 Å². The van der Waals surface area contributed by atoms with Crippen LogP contribution >= 0.6 is 0 Å². The fraction of sp³-hybridized carbons (Fsp3) is 0.318. The number of alkyl halides is 3. The van der Waals surface area contributed by atoms with Crippen molar-refractivity contribution in [2.45, 2.75) is 38.2 Å². The lowest BCUT2D eigenvalue weighted by atomic mass is 10.0. The molecule has 3 aromatic heterocycles. The van der Waals surface area contributed by atoms with Crippen molar-refractivity contribution in [3.63, 3.8) is 0 Å². The zero-order valence-electron chi connectivity index (χ0n) is 16.5. The Balaban J connectivity index is 1.59. The van der Waals surface area contributed by atoms with E-state index in [4.69, 9.17) is 4.74 Å². The van der Waals surface area contributed by atoms with Crippen molar-refractivity contribution in [2.75, 3.05) is 6.61 Å². The SMILES string of the molecule is O=c1n(Cc2ncc3ccccc3c2COCC(F)(F)F)c2cnccc2n1C1CC1. The van der Waals surface area contributed by atoms with Crippen molar-refractivity contribution in [3.8, 4) is 0 Å². The highest BCUT2D eigenvalue weighted by molar-refractivity contribution is 5.85. The van der Waals surface area contributed by atoms with Gasteiger partial charge in [0.15, 0.2) is 0 Å². The molecule has 6 nitrogen and oxygen atoms in total. The highest BCUT2D eigenvalue weighted by Crippen LogP contribution is 2.36. The number of nitrogens with zero attached hydrogens (tertiary/aromatic N) is 4. The van der Waals surface area contributed by atoms with E-state index in [9.17, 15) is 18.0 Å². The molecular formula is C22H19F3N4O2. The molecule has 3 heterocycles. The molecule has 31 heavy (non-hydrogen) atoms. The van der Waals surface area contributed by atoms with E-state index in [1.165, 1.54) is 0 Å². The Labute approximate surface area is 174 Å². The third kappa shape index (κ3) is 3.81. The van der Waals surface area contributed by atoms with E-state index < -0.39 is 12.8 Å². The van der Waals surface area contributed by atoms with Gasteiger partial charge in [0, 0.05) is 29.4 Å². The van der Waals surface area contributed by atoms with Crippen LogP contribution in [0.5, 0.6) is 0 Å². The minimum absolute atomic E-state index is 0.121. The molecule has 1 aliphatic carbocycles. The summed E-state index contributed by atoms with van der Waals surface area (Å²) in [5.41, 5.74) is 2.37. The molecule has 5 rings (SSSR count). The number of imidazole rings is 1. The van der Waals surface area contributed by atoms with Gasteiger partial charge in [0.1, 0.15) is 6.61 Å². The van der Waals surface area contributed by atoms with Crippen LogP contribution in [0.25, 0.3) is 21.8 Å². The van der Waals surface area contributed by atoms with Crippen molar-refractivity contribution in [1.29, 1.82) is 0 Å². The topological polar surface area (TPSA) is 61.9 Å². The Morgan fingerprint density at radius 2 is 1.90 bits per heavy atom. The summed E-state index contributed by atoms with van der Waals surface area (Å²) in [6.45, 7) is -1.48. The van der Waals surface area contributed by atoms with Crippen LogP contribution in [0.3, 0.4) is 0 Å². The smallest absolute Gasteiger partial charge is 0.367 e. The number of hydrogen-bond donors (Lipinski definition) is 0. The maximum atomic E-state index is 13.2. The molecular weight excluding hydrogens is 409 g/mol. The van der Waals surface area contributed by atoms with Crippen molar-refractivity contribution in [3.05, 3.63) is 70.7 Å². The summed E-state index contributed by atoms with van der Waals surface area (Å²) >= 11 is 0. The summed E-state index contributed by atoms with van der Waals surface area (Å²) in [6, 6.07) is 9.31. The van der Waals surface area contributed by atoms with Gasteiger partial charge in [-0.1, -0.05) is 24.3 Å². The van der Waals surface area contributed by atoms with Crippen LogP contribution in [0, 0.1) is 0 Å². The van der Waals surface area contributed by atoms with Gasteiger partial charge in [-0.15, -0.1) is 0 Å². The first-order chi connectivity index (χ1) is 14.9. The second kappa shape index (κ2) is 7.49. The molecule has 1 aliphatic rings. The summed E-state index contributed by atoms with van der Waals surface area (Å²) in [7, 11) is 0. The number of ether oxygens (including phenoxy) is 1. The summed E-state index contributed by atoms with van der Waals surface area (Å²) in [4.78, 5) is 21.8. The molecule has 0 radical (unpaired) electrons. The molecule has 0 saturated heterocycles. The third-order valence-corrected chi connectivity index (χ3v) is 5.49. The monoisotopic (exact) mass is 428 g/mol. The van der Waals surface area contributed by atoms with Crippen molar-refractivity contribution in [1.82, 2.24) is 19.1 Å². The largest absolute Gasteiger partial charge is 0.411 e. The van der Waals surface area contributed by atoms with Gasteiger partial charge in [-0.2, -0.15) is 13.2 Å². The summed E-state index contributed by atoms with van der Waals surface area (Å²) in [5.74, 6) is 0. The summed E-state index contributed by atoms with van der Waals surface area (Å²) in [5, 5.41) is 1.55. The first-order valence-electron chi connectivity index (χ1n) is 9.97. The van der Waals surface area contributed by atoms with Crippen LogP contribution in [0.1, 0.15) is 30.1 Å². The standard InChI is InChI=1S/C22H19F3N4O2/c23-22(24,25)13-31-12-17-16-4-2-1-3-14(16)9-27-18(17)11-28-20-10-26-8-7-19(20)29(21(28)30)15-5-6-15/h1-4,7-10,15H,5-6,11-13H2. The number of hydrogen-bond acceptors (Lipinski definition) is 4. The minimum atomic E-state index is -4.42. The Morgan fingerprint density at radius 3 is 2.68 bits per heavy atom. The van der Waals surface area contributed by atoms with Crippen molar-refractivity contribution >= 4 is 21.8 Å². The second-order valence-corrected chi connectivity index (χ2v) is 7.71. The Bertz CT molecular complexity index is 1320. The zero-order chi connectivity index (χ0) is 21.6. The number of aromatic nitrogens is 4. The number of rotatable bonds is 6. The summed E-state index contributed by atoms with van der Waals surface area (Å²) in [6.07, 6.45) is 2.43. The van der Waals surface area contributed by atoms with Gasteiger partial charge < -0.3 is 4.74 Å². The van der Waals surface area contributed by atoms with Crippen LogP contribution in [0.2, 0.25) is 0 Å². The fourth-order valence-electron chi connectivity index (χ4n) is 3.95. The van der Waals surface area contributed by atoms with Crippen LogP contribution in [0.15, 0.2) is 53.7 Å². The third-order valence-electron chi connectivity index (χ3n) is 5.49. The molecule has 0 amide bonds. The lowest BCUT2D eigenvalue weighted by molar-refractivity contribution is -0.176. The normalized spacial score (nSPS) is 14.5. The zero-order valence-corrected chi connectivity index (χ0v) is 16.5. The molecule has 9 heteroatoms. The van der Waals surface area contributed by atoms with E-state index in [0.717, 1.165) is 29.1 Å². The minimum Gasteiger partial charge on any atom is -0.367 e. The maximum Gasteiger partial charge on any atom is 0.411 e. The molecule has 0 spiro atoms. The predicted octanol–water partition coefficient (Wildman–Crippen LogP) is 4.21.